The molecule has 0 fully saturated rings. The van der Waals surface area contributed by atoms with Crippen molar-refractivity contribution in [3.05, 3.63) is 52.6 Å². The van der Waals surface area contributed by atoms with Crippen molar-refractivity contribution in [3.63, 3.8) is 0 Å². The summed E-state index contributed by atoms with van der Waals surface area (Å²) in [6, 6.07) is 9.97. The number of benzene rings is 2. The fraction of sp³-hybridized carbons (Fsp3) is 0.0714. The lowest BCUT2D eigenvalue weighted by molar-refractivity contribution is -0.385. The van der Waals surface area contributed by atoms with Gasteiger partial charge in [-0.05, 0) is 5.56 Å². The number of non-ortho nitro benzene ring substituents is 1. The van der Waals surface area contributed by atoms with Crippen molar-refractivity contribution in [1.29, 1.82) is 0 Å². The topological polar surface area (TPSA) is 144 Å². The lowest BCUT2D eigenvalue weighted by atomic mass is 10.0. The number of primary sulfonamides is 1. The maximum absolute atomic E-state index is 11.9. The van der Waals surface area contributed by atoms with Gasteiger partial charge in [0.25, 0.3) is 5.69 Å². The highest BCUT2D eigenvalue weighted by Gasteiger charge is 2.28. The van der Waals surface area contributed by atoms with Crippen LogP contribution >= 0.6 is 0 Å². The molecule has 9 nitrogen and oxygen atoms in total. The molecule has 0 aliphatic rings. The van der Waals surface area contributed by atoms with Crippen LogP contribution in [0.5, 0.6) is 0 Å². The van der Waals surface area contributed by atoms with E-state index in [0.29, 0.717) is 10.5 Å². The standard InChI is InChI=1S/C14H13N3O6S/c1-16(14(18)19)13-11(9-5-3-2-4-6-9)7-10(17(20)21)8-12(13)24(15,22)23/h2-8H,1H3,(H,18,19)(H2,15,22,23). The normalized spacial score (nSPS) is 11.1. The smallest absolute Gasteiger partial charge is 0.411 e. The summed E-state index contributed by atoms with van der Waals surface area (Å²) in [6.45, 7) is 0. The van der Waals surface area contributed by atoms with Crippen molar-refractivity contribution in [1.82, 2.24) is 0 Å². The fourth-order valence-corrected chi connectivity index (χ4v) is 3.00. The zero-order valence-corrected chi connectivity index (χ0v) is 13.2. The highest BCUT2D eigenvalue weighted by molar-refractivity contribution is 7.89. The molecule has 3 N–H and O–H groups in total. The minimum Gasteiger partial charge on any atom is -0.465 e. The van der Waals surface area contributed by atoms with E-state index in [1.165, 1.54) is 0 Å². The van der Waals surface area contributed by atoms with Gasteiger partial charge in [-0.2, -0.15) is 0 Å². The van der Waals surface area contributed by atoms with Gasteiger partial charge in [-0.15, -0.1) is 0 Å². The van der Waals surface area contributed by atoms with Gasteiger partial charge in [0, 0.05) is 24.7 Å². The Kier molecular flexibility index (Phi) is 4.53. The molecule has 0 aliphatic heterocycles. The van der Waals surface area contributed by atoms with E-state index in [-0.39, 0.29) is 11.3 Å². The Morgan fingerprint density at radius 3 is 2.29 bits per heavy atom. The number of anilines is 1. The Morgan fingerprint density at radius 2 is 1.83 bits per heavy atom. The average molecular weight is 351 g/mol. The molecular formula is C14H13N3O6S. The quantitative estimate of drug-likeness (QED) is 0.637. The van der Waals surface area contributed by atoms with Gasteiger partial charge in [0.15, 0.2) is 0 Å². The number of sulfonamides is 1. The molecule has 0 aromatic heterocycles. The van der Waals surface area contributed by atoms with Gasteiger partial charge in [0.05, 0.1) is 10.6 Å². The van der Waals surface area contributed by atoms with Gasteiger partial charge in [-0.3, -0.25) is 15.0 Å². The first-order valence-corrected chi connectivity index (χ1v) is 8.05. The number of nitrogens with two attached hydrogens (primary N) is 1. The van der Waals surface area contributed by atoms with Crippen LogP contribution in [0, 0.1) is 10.1 Å². The highest BCUT2D eigenvalue weighted by atomic mass is 32.2. The van der Waals surface area contributed by atoms with Crippen molar-refractivity contribution >= 4 is 27.5 Å². The van der Waals surface area contributed by atoms with E-state index in [9.17, 15) is 28.4 Å². The molecule has 0 bridgehead atoms. The molecule has 126 valence electrons. The molecule has 1 amide bonds. The van der Waals surface area contributed by atoms with Gasteiger partial charge in [-0.25, -0.2) is 18.4 Å². The van der Waals surface area contributed by atoms with Crippen LogP contribution in [-0.2, 0) is 10.0 Å². The zero-order chi connectivity index (χ0) is 18.1. The predicted molar refractivity (Wildman–Crippen MR) is 86.3 cm³/mol. The minimum absolute atomic E-state index is 0.0683. The first kappa shape index (κ1) is 17.4. The summed E-state index contributed by atoms with van der Waals surface area (Å²) >= 11 is 0. The van der Waals surface area contributed by atoms with Crippen molar-refractivity contribution in [2.75, 3.05) is 11.9 Å². The van der Waals surface area contributed by atoms with Crippen molar-refractivity contribution < 1.29 is 23.2 Å². The SMILES string of the molecule is CN(C(=O)O)c1c(-c2ccccc2)cc([N+](=O)[O-])cc1S(N)(=O)=O. The first-order valence-electron chi connectivity index (χ1n) is 6.50. The molecule has 0 unspecified atom stereocenters. The summed E-state index contributed by atoms with van der Waals surface area (Å²) < 4.78 is 23.7. The third-order valence-electron chi connectivity index (χ3n) is 3.28. The lowest BCUT2D eigenvalue weighted by Gasteiger charge is -2.20. The van der Waals surface area contributed by atoms with E-state index < -0.39 is 31.6 Å². The first-order chi connectivity index (χ1) is 11.1. The summed E-state index contributed by atoms with van der Waals surface area (Å²) in [4.78, 5) is 21.7. The van der Waals surface area contributed by atoms with E-state index in [0.717, 1.165) is 19.2 Å². The molecule has 0 radical (unpaired) electrons. The molecule has 2 rings (SSSR count). The minimum atomic E-state index is -4.41. The molecule has 2 aromatic carbocycles. The molecule has 24 heavy (non-hydrogen) atoms. The maximum atomic E-state index is 11.9. The Balaban J connectivity index is 2.96. The molecule has 0 saturated heterocycles. The number of hydrogen-bond donors (Lipinski definition) is 2. The Bertz CT molecular complexity index is 912. The number of hydrogen-bond acceptors (Lipinski definition) is 5. The van der Waals surface area contributed by atoms with Crippen LogP contribution in [0.4, 0.5) is 16.2 Å². The van der Waals surface area contributed by atoms with Crippen LogP contribution in [0.25, 0.3) is 11.1 Å². The van der Waals surface area contributed by atoms with E-state index in [1.54, 1.807) is 30.3 Å². The Hall–Kier alpha value is -2.98. The molecule has 0 aliphatic carbocycles. The zero-order valence-electron chi connectivity index (χ0n) is 12.4. The second-order valence-corrected chi connectivity index (χ2v) is 6.38. The average Bonchev–Trinajstić information content (AvgIpc) is 2.52. The van der Waals surface area contributed by atoms with Gasteiger partial charge < -0.3 is 5.11 Å². The predicted octanol–water partition coefficient (Wildman–Crippen LogP) is 2.02. The largest absolute Gasteiger partial charge is 0.465 e. The van der Waals surface area contributed by atoms with Gasteiger partial charge >= 0.3 is 6.09 Å². The third-order valence-corrected chi connectivity index (χ3v) is 4.21. The van der Waals surface area contributed by atoms with Crippen molar-refractivity contribution in [3.8, 4) is 11.1 Å². The van der Waals surface area contributed by atoms with Crippen molar-refractivity contribution in [2.24, 2.45) is 5.14 Å². The van der Waals surface area contributed by atoms with Gasteiger partial charge in [0.2, 0.25) is 10.0 Å². The van der Waals surface area contributed by atoms with Crippen LogP contribution in [0.15, 0.2) is 47.4 Å². The van der Waals surface area contributed by atoms with Gasteiger partial charge in [0.1, 0.15) is 4.90 Å². The van der Waals surface area contributed by atoms with E-state index in [1.807, 2.05) is 0 Å². The molecule has 10 heteroatoms. The molecule has 0 atom stereocenters. The summed E-state index contributed by atoms with van der Waals surface area (Å²) in [5.74, 6) is 0. The fourth-order valence-electron chi connectivity index (χ4n) is 2.19. The second-order valence-electron chi connectivity index (χ2n) is 4.85. The molecular weight excluding hydrogens is 338 g/mol. The van der Waals surface area contributed by atoms with Crippen molar-refractivity contribution in [2.45, 2.75) is 4.90 Å². The maximum Gasteiger partial charge on any atom is 0.411 e. The number of rotatable bonds is 4. The number of carboxylic acid groups (broad SMARTS) is 1. The Morgan fingerprint density at radius 1 is 1.25 bits per heavy atom. The number of nitro benzene ring substituents is 1. The number of carbonyl (C=O) groups is 1. The summed E-state index contributed by atoms with van der Waals surface area (Å²) in [5, 5.41) is 25.5. The molecule has 2 aromatic rings. The monoisotopic (exact) mass is 351 g/mol. The van der Waals surface area contributed by atoms with Crippen LogP contribution < -0.4 is 10.0 Å². The van der Waals surface area contributed by atoms with Crippen LogP contribution in [0.1, 0.15) is 0 Å². The second kappa shape index (κ2) is 6.26. The van der Waals surface area contributed by atoms with Crippen LogP contribution in [0.2, 0.25) is 0 Å². The Labute approximate surface area is 137 Å². The summed E-state index contributed by atoms with van der Waals surface area (Å²) in [7, 11) is -3.28. The number of amides is 1. The van der Waals surface area contributed by atoms with Crippen LogP contribution in [0.3, 0.4) is 0 Å². The van der Waals surface area contributed by atoms with E-state index in [2.05, 4.69) is 0 Å². The molecule has 0 spiro atoms. The van der Waals surface area contributed by atoms with Crippen LogP contribution in [-0.4, -0.2) is 31.6 Å². The summed E-state index contributed by atoms with van der Waals surface area (Å²) in [5.41, 5.74) is -0.282. The van der Waals surface area contributed by atoms with E-state index >= 15 is 0 Å². The highest BCUT2D eigenvalue weighted by Crippen LogP contribution is 2.39. The van der Waals surface area contributed by atoms with E-state index in [4.69, 9.17) is 5.14 Å². The van der Waals surface area contributed by atoms with Gasteiger partial charge in [-0.1, -0.05) is 30.3 Å². The number of nitro groups is 1. The lowest BCUT2D eigenvalue weighted by Crippen LogP contribution is -2.28. The molecule has 0 saturated carbocycles. The number of nitrogens with zero attached hydrogens (tertiary/aromatic N) is 2. The third kappa shape index (κ3) is 3.34. The summed E-state index contributed by atoms with van der Waals surface area (Å²) in [6.07, 6.45) is -1.44. The molecule has 0 heterocycles.